The van der Waals surface area contributed by atoms with E-state index in [1.54, 1.807) is 11.3 Å². The first-order valence-electron chi connectivity index (χ1n) is 8.89. The molecule has 29 heavy (non-hydrogen) atoms. The van der Waals surface area contributed by atoms with Gasteiger partial charge in [-0.05, 0) is 60.8 Å². The minimum atomic E-state index is -3.70. The maximum absolute atomic E-state index is 12.7. The number of hydrogen-bond acceptors (Lipinski definition) is 6. The average molecular weight is 434 g/mol. The van der Waals surface area contributed by atoms with Crippen molar-refractivity contribution in [1.29, 1.82) is 0 Å². The fraction of sp³-hybridized carbons (Fsp3) is 0.250. The van der Waals surface area contributed by atoms with Crippen LogP contribution in [0.4, 0.5) is 10.5 Å². The summed E-state index contributed by atoms with van der Waals surface area (Å²) < 4.78 is 33.9. The topological polar surface area (TPSA) is 87.7 Å². The summed E-state index contributed by atoms with van der Waals surface area (Å²) >= 11 is 1.65. The molecule has 0 aliphatic carbocycles. The molecule has 2 N–H and O–H groups in total. The van der Waals surface area contributed by atoms with Crippen molar-refractivity contribution in [2.24, 2.45) is 0 Å². The smallest absolute Gasteiger partial charge is 0.411 e. The maximum atomic E-state index is 12.7. The normalized spacial score (nSPS) is 12.8. The standard InChI is InChI=1S/C20H23N3O4S2/c1-23(2)18(17-13-28-19-7-5-4-6-16(17)19)12-21-29(25,26)15-10-8-14(9-11-15)22-20(24)27-3/h4-11,13,18,21H,12H2,1-3H3,(H,22,24)/t18-/m1/s1. The Morgan fingerprint density at radius 3 is 2.48 bits per heavy atom. The Bertz CT molecular complexity index is 1090. The summed E-state index contributed by atoms with van der Waals surface area (Å²) in [5.41, 5.74) is 1.54. The van der Waals surface area contributed by atoms with Crippen LogP contribution in [0.15, 0.2) is 58.8 Å². The molecule has 3 aromatic rings. The summed E-state index contributed by atoms with van der Waals surface area (Å²) in [6.45, 7) is 0.234. The van der Waals surface area contributed by atoms with Crippen LogP contribution in [-0.4, -0.2) is 47.2 Å². The van der Waals surface area contributed by atoms with Crippen LogP contribution in [0.5, 0.6) is 0 Å². The summed E-state index contributed by atoms with van der Waals surface area (Å²) in [6.07, 6.45) is -0.615. The van der Waals surface area contributed by atoms with Crippen LogP contribution < -0.4 is 10.0 Å². The lowest BCUT2D eigenvalue weighted by Gasteiger charge is -2.24. The third-order valence-corrected chi connectivity index (χ3v) is 6.98. The molecule has 1 aromatic heterocycles. The molecule has 0 bridgehead atoms. The summed E-state index contributed by atoms with van der Waals surface area (Å²) in [5, 5.41) is 5.70. The molecule has 9 heteroatoms. The lowest BCUT2D eigenvalue weighted by molar-refractivity contribution is 0.187. The summed E-state index contributed by atoms with van der Waals surface area (Å²) in [4.78, 5) is 13.4. The lowest BCUT2D eigenvalue weighted by Crippen LogP contribution is -2.34. The van der Waals surface area contributed by atoms with Crippen LogP contribution in [0.2, 0.25) is 0 Å². The van der Waals surface area contributed by atoms with Gasteiger partial charge < -0.3 is 9.64 Å². The highest BCUT2D eigenvalue weighted by molar-refractivity contribution is 7.89. The number of fused-ring (bicyclic) bond motifs is 1. The minimum Gasteiger partial charge on any atom is -0.453 e. The molecule has 154 valence electrons. The second kappa shape index (κ2) is 8.91. The van der Waals surface area contributed by atoms with Crippen LogP contribution in [0, 0.1) is 0 Å². The Hall–Kier alpha value is -2.46. The molecule has 0 aliphatic heterocycles. The molecule has 7 nitrogen and oxygen atoms in total. The zero-order valence-corrected chi connectivity index (χ0v) is 18.0. The van der Waals surface area contributed by atoms with Gasteiger partial charge >= 0.3 is 6.09 Å². The van der Waals surface area contributed by atoms with Crippen molar-refractivity contribution in [1.82, 2.24) is 9.62 Å². The van der Waals surface area contributed by atoms with Crippen LogP contribution in [0.1, 0.15) is 11.6 Å². The first kappa shape index (κ1) is 21.3. The third-order valence-electron chi connectivity index (χ3n) is 4.56. The Morgan fingerprint density at radius 2 is 1.83 bits per heavy atom. The lowest BCUT2D eigenvalue weighted by atomic mass is 10.1. The molecule has 0 saturated carbocycles. The van der Waals surface area contributed by atoms with Gasteiger partial charge in [-0.2, -0.15) is 0 Å². The van der Waals surface area contributed by atoms with E-state index in [9.17, 15) is 13.2 Å². The first-order valence-corrected chi connectivity index (χ1v) is 11.3. The van der Waals surface area contributed by atoms with Gasteiger partial charge in [0.2, 0.25) is 10.0 Å². The van der Waals surface area contributed by atoms with E-state index >= 15 is 0 Å². The van der Waals surface area contributed by atoms with E-state index in [1.807, 2.05) is 31.1 Å². The molecule has 2 aromatic carbocycles. The fourth-order valence-corrected chi connectivity index (χ4v) is 5.03. The highest BCUT2D eigenvalue weighted by Gasteiger charge is 2.22. The first-order chi connectivity index (χ1) is 13.8. The molecular weight excluding hydrogens is 410 g/mol. The second-order valence-corrected chi connectivity index (χ2v) is 9.34. The zero-order valence-electron chi connectivity index (χ0n) is 16.4. The number of anilines is 1. The van der Waals surface area contributed by atoms with Crippen LogP contribution in [0.3, 0.4) is 0 Å². The van der Waals surface area contributed by atoms with Gasteiger partial charge in [-0.25, -0.2) is 17.9 Å². The number of amides is 1. The number of carbonyl (C=O) groups excluding carboxylic acids is 1. The van der Waals surface area contributed by atoms with Gasteiger partial charge in [0.25, 0.3) is 0 Å². The monoisotopic (exact) mass is 433 g/mol. The van der Waals surface area contributed by atoms with Gasteiger partial charge in [-0.1, -0.05) is 18.2 Å². The van der Waals surface area contributed by atoms with E-state index < -0.39 is 16.1 Å². The predicted molar refractivity (Wildman–Crippen MR) is 116 cm³/mol. The molecule has 1 heterocycles. The van der Waals surface area contributed by atoms with Crippen molar-refractivity contribution in [3.63, 3.8) is 0 Å². The Labute approximate surface area is 174 Å². The number of benzene rings is 2. The van der Waals surface area contributed by atoms with Crippen molar-refractivity contribution < 1.29 is 17.9 Å². The van der Waals surface area contributed by atoms with Crippen LogP contribution >= 0.6 is 11.3 Å². The van der Waals surface area contributed by atoms with E-state index in [0.717, 1.165) is 10.9 Å². The molecular formula is C20H23N3O4S2. The number of carbonyl (C=O) groups is 1. The van der Waals surface area contributed by atoms with Gasteiger partial charge in [-0.3, -0.25) is 5.32 Å². The molecule has 3 rings (SSSR count). The maximum Gasteiger partial charge on any atom is 0.411 e. The summed E-state index contributed by atoms with van der Waals surface area (Å²) in [6, 6.07) is 13.9. The van der Waals surface area contributed by atoms with E-state index in [2.05, 4.69) is 32.3 Å². The molecule has 0 spiro atoms. The number of sulfonamides is 1. The van der Waals surface area contributed by atoms with E-state index in [-0.39, 0.29) is 17.5 Å². The van der Waals surface area contributed by atoms with Gasteiger partial charge in [0.15, 0.2) is 0 Å². The average Bonchev–Trinajstić information content (AvgIpc) is 3.12. The SMILES string of the molecule is COC(=O)Nc1ccc(S(=O)(=O)NC[C@H](c2csc3ccccc23)N(C)C)cc1. The van der Waals surface area contributed by atoms with E-state index in [1.165, 1.54) is 36.1 Å². The third kappa shape index (κ3) is 4.94. The Balaban J connectivity index is 1.76. The van der Waals surface area contributed by atoms with Crippen molar-refractivity contribution in [2.45, 2.75) is 10.9 Å². The Morgan fingerprint density at radius 1 is 1.14 bits per heavy atom. The van der Waals surface area contributed by atoms with Crippen molar-refractivity contribution in [2.75, 3.05) is 33.1 Å². The molecule has 0 radical (unpaired) electrons. The van der Waals surface area contributed by atoms with Crippen LogP contribution in [-0.2, 0) is 14.8 Å². The van der Waals surface area contributed by atoms with Gasteiger partial charge in [0.1, 0.15) is 0 Å². The van der Waals surface area contributed by atoms with Gasteiger partial charge in [-0.15, -0.1) is 11.3 Å². The number of ether oxygens (including phenoxy) is 1. The molecule has 0 saturated heterocycles. The number of nitrogens with one attached hydrogen (secondary N) is 2. The van der Waals surface area contributed by atoms with Crippen molar-refractivity contribution in [3.05, 3.63) is 59.5 Å². The summed E-state index contributed by atoms with van der Waals surface area (Å²) in [5.74, 6) is 0. The highest BCUT2D eigenvalue weighted by atomic mass is 32.2. The Kier molecular flexibility index (Phi) is 6.53. The number of nitrogens with zero attached hydrogens (tertiary/aromatic N) is 1. The predicted octanol–water partition coefficient (Wildman–Crippen LogP) is 3.66. The summed E-state index contributed by atoms with van der Waals surface area (Å²) in [7, 11) is 1.42. The molecule has 0 fully saturated rings. The minimum absolute atomic E-state index is 0.110. The van der Waals surface area contributed by atoms with E-state index in [0.29, 0.717) is 5.69 Å². The quantitative estimate of drug-likeness (QED) is 0.594. The largest absolute Gasteiger partial charge is 0.453 e. The molecule has 1 atom stereocenters. The molecule has 0 aliphatic rings. The van der Waals surface area contributed by atoms with Crippen LogP contribution in [0.25, 0.3) is 10.1 Å². The highest BCUT2D eigenvalue weighted by Crippen LogP contribution is 2.32. The van der Waals surface area contributed by atoms with Gasteiger partial charge in [0.05, 0.1) is 12.0 Å². The number of rotatable bonds is 7. The molecule has 0 unspecified atom stereocenters. The zero-order chi connectivity index (χ0) is 21.0. The molecule has 1 amide bonds. The van der Waals surface area contributed by atoms with Crippen molar-refractivity contribution >= 4 is 43.2 Å². The number of methoxy groups -OCH3 is 1. The number of thiophene rings is 1. The number of hydrogen-bond donors (Lipinski definition) is 2. The second-order valence-electron chi connectivity index (χ2n) is 6.66. The van der Waals surface area contributed by atoms with Gasteiger partial charge in [0, 0.05) is 23.0 Å². The number of likely N-dealkylation sites (N-methyl/N-ethyl adjacent to an activating group) is 1. The van der Waals surface area contributed by atoms with Crippen molar-refractivity contribution in [3.8, 4) is 0 Å². The fourth-order valence-electron chi connectivity index (χ4n) is 2.99. The van der Waals surface area contributed by atoms with E-state index in [4.69, 9.17) is 0 Å².